The van der Waals surface area contributed by atoms with Crippen molar-refractivity contribution >= 4 is 11.8 Å². The van der Waals surface area contributed by atoms with Crippen LogP contribution in [0.4, 0.5) is 0 Å². The van der Waals surface area contributed by atoms with Gasteiger partial charge >= 0.3 is 0 Å². The number of thioether (sulfide) groups is 1. The molecule has 0 aliphatic carbocycles. The lowest BCUT2D eigenvalue weighted by Gasteiger charge is -2.38. The number of rotatable bonds is 4. The van der Waals surface area contributed by atoms with Gasteiger partial charge in [0.15, 0.2) is 5.82 Å². The van der Waals surface area contributed by atoms with Crippen LogP contribution in [-0.2, 0) is 6.42 Å². The van der Waals surface area contributed by atoms with E-state index in [2.05, 4.69) is 29.3 Å². The van der Waals surface area contributed by atoms with Crippen molar-refractivity contribution in [3.8, 4) is 0 Å². The van der Waals surface area contributed by atoms with Crippen LogP contribution in [0.3, 0.4) is 0 Å². The molecule has 1 saturated heterocycles. The van der Waals surface area contributed by atoms with Crippen LogP contribution in [0.5, 0.6) is 0 Å². The lowest BCUT2D eigenvalue weighted by atomic mass is 9.82. The summed E-state index contributed by atoms with van der Waals surface area (Å²) in [6.45, 7) is 7.46. The van der Waals surface area contributed by atoms with Crippen LogP contribution in [0.1, 0.15) is 32.0 Å². The molecule has 1 atom stereocenters. The molecule has 0 bridgehead atoms. The molecule has 0 radical (unpaired) electrons. The van der Waals surface area contributed by atoms with E-state index >= 15 is 0 Å². The molecule has 1 fully saturated rings. The van der Waals surface area contributed by atoms with Gasteiger partial charge in [-0.2, -0.15) is 16.7 Å². The summed E-state index contributed by atoms with van der Waals surface area (Å²) in [4.78, 5) is 4.21. The quantitative estimate of drug-likeness (QED) is 0.892. The van der Waals surface area contributed by atoms with Crippen molar-refractivity contribution < 1.29 is 4.52 Å². The van der Waals surface area contributed by atoms with Crippen molar-refractivity contribution in [1.82, 2.24) is 15.5 Å². The van der Waals surface area contributed by atoms with Crippen LogP contribution in [0.2, 0.25) is 0 Å². The zero-order valence-electron chi connectivity index (χ0n) is 10.8. The van der Waals surface area contributed by atoms with E-state index in [9.17, 15) is 0 Å². The smallest absolute Gasteiger partial charge is 0.227 e. The van der Waals surface area contributed by atoms with Crippen LogP contribution in [0.25, 0.3) is 0 Å². The molecule has 0 saturated carbocycles. The highest BCUT2D eigenvalue weighted by atomic mass is 32.2. The molecule has 17 heavy (non-hydrogen) atoms. The van der Waals surface area contributed by atoms with Gasteiger partial charge in [0, 0.05) is 24.8 Å². The Balaban J connectivity index is 1.77. The molecule has 0 amide bonds. The molecule has 0 spiro atoms. The van der Waals surface area contributed by atoms with Crippen molar-refractivity contribution in [1.29, 1.82) is 0 Å². The first-order valence-electron chi connectivity index (χ1n) is 6.18. The summed E-state index contributed by atoms with van der Waals surface area (Å²) in [6.07, 6.45) is 2.10. The van der Waals surface area contributed by atoms with Crippen LogP contribution in [0, 0.1) is 12.3 Å². The SMILES string of the molecule is Cc1noc(CCNC2CSCCC2(C)C)n1. The van der Waals surface area contributed by atoms with E-state index in [1.165, 1.54) is 17.9 Å². The first kappa shape index (κ1) is 12.9. The Kier molecular flexibility index (Phi) is 4.09. The Morgan fingerprint density at radius 2 is 2.35 bits per heavy atom. The number of aromatic nitrogens is 2. The fraction of sp³-hybridized carbons (Fsp3) is 0.833. The average Bonchev–Trinajstić information content (AvgIpc) is 2.67. The summed E-state index contributed by atoms with van der Waals surface area (Å²) in [5.41, 5.74) is 0.399. The Labute approximate surface area is 107 Å². The third-order valence-electron chi connectivity index (χ3n) is 3.42. The van der Waals surface area contributed by atoms with Crippen LogP contribution >= 0.6 is 11.8 Å². The predicted octanol–water partition coefficient (Wildman–Crippen LogP) is 2.04. The molecule has 1 unspecified atom stereocenters. The van der Waals surface area contributed by atoms with Crippen molar-refractivity contribution in [2.75, 3.05) is 18.1 Å². The van der Waals surface area contributed by atoms with Gasteiger partial charge in [0.25, 0.3) is 0 Å². The van der Waals surface area contributed by atoms with Crippen molar-refractivity contribution in [2.45, 2.75) is 39.7 Å². The Hall–Kier alpha value is -0.550. The van der Waals surface area contributed by atoms with Gasteiger partial charge in [-0.15, -0.1) is 0 Å². The first-order valence-corrected chi connectivity index (χ1v) is 7.34. The standard InChI is InChI=1S/C12H21N3OS/c1-9-14-11(16-15-9)4-6-13-10-8-17-7-5-12(10,2)3/h10,13H,4-8H2,1-3H3. The fourth-order valence-electron chi connectivity index (χ4n) is 2.07. The topological polar surface area (TPSA) is 51.0 Å². The summed E-state index contributed by atoms with van der Waals surface area (Å²) >= 11 is 2.04. The fourth-order valence-corrected chi connectivity index (χ4v) is 3.71. The lowest BCUT2D eigenvalue weighted by Crippen LogP contribution is -2.47. The number of hydrogen-bond acceptors (Lipinski definition) is 5. The van der Waals surface area contributed by atoms with Crippen molar-refractivity contribution in [3.05, 3.63) is 11.7 Å². The molecule has 2 heterocycles. The summed E-state index contributed by atoms with van der Waals surface area (Å²) in [6, 6.07) is 0.588. The lowest BCUT2D eigenvalue weighted by molar-refractivity contribution is 0.245. The number of nitrogens with one attached hydrogen (secondary N) is 1. The van der Waals surface area contributed by atoms with Crippen molar-refractivity contribution in [2.24, 2.45) is 5.41 Å². The van der Waals surface area contributed by atoms with Gasteiger partial charge in [-0.3, -0.25) is 0 Å². The predicted molar refractivity (Wildman–Crippen MR) is 70.3 cm³/mol. The van der Waals surface area contributed by atoms with E-state index in [0.717, 1.165) is 18.9 Å². The largest absolute Gasteiger partial charge is 0.339 e. The van der Waals surface area contributed by atoms with Gasteiger partial charge in [-0.25, -0.2) is 0 Å². The van der Waals surface area contributed by atoms with E-state index in [1.807, 2.05) is 18.7 Å². The summed E-state index contributed by atoms with van der Waals surface area (Å²) in [7, 11) is 0. The minimum absolute atomic E-state index is 0.399. The molecule has 1 aliphatic rings. The maximum Gasteiger partial charge on any atom is 0.227 e. The minimum Gasteiger partial charge on any atom is -0.339 e. The number of hydrogen-bond donors (Lipinski definition) is 1. The van der Waals surface area contributed by atoms with Crippen LogP contribution in [-0.4, -0.2) is 34.2 Å². The second kappa shape index (κ2) is 5.40. The van der Waals surface area contributed by atoms with E-state index in [-0.39, 0.29) is 0 Å². The molecular weight excluding hydrogens is 234 g/mol. The van der Waals surface area contributed by atoms with E-state index < -0.39 is 0 Å². The zero-order valence-corrected chi connectivity index (χ0v) is 11.6. The zero-order chi connectivity index (χ0) is 12.3. The molecule has 1 aromatic heterocycles. The molecular formula is C12H21N3OS. The maximum atomic E-state index is 5.10. The Morgan fingerprint density at radius 3 is 3.00 bits per heavy atom. The van der Waals surface area contributed by atoms with E-state index in [0.29, 0.717) is 17.3 Å². The first-order chi connectivity index (χ1) is 8.08. The molecule has 2 rings (SSSR count). The van der Waals surface area contributed by atoms with E-state index in [4.69, 9.17) is 4.52 Å². The minimum atomic E-state index is 0.399. The second-order valence-electron chi connectivity index (χ2n) is 5.31. The van der Waals surface area contributed by atoms with Gasteiger partial charge < -0.3 is 9.84 Å². The molecule has 0 aromatic carbocycles. The highest BCUT2D eigenvalue weighted by Crippen LogP contribution is 2.33. The third kappa shape index (κ3) is 3.45. The summed E-state index contributed by atoms with van der Waals surface area (Å²) in [5.74, 6) is 3.94. The van der Waals surface area contributed by atoms with Gasteiger partial charge in [-0.1, -0.05) is 19.0 Å². The molecule has 1 aromatic rings. The van der Waals surface area contributed by atoms with Gasteiger partial charge in [0.1, 0.15) is 0 Å². The Bertz CT molecular complexity index is 364. The van der Waals surface area contributed by atoms with Gasteiger partial charge in [0.2, 0.25) is 5.89 Å². The average molecular weight is 255 g/mol. The Morgan fingerprint density at radius 1 is 1.53 bits per heavy atom. The number of nitrogens with zero attached hydrogens (tertiary/aromatic N) is 2. The molecule has 1 aliphatic heterocycles. The molecule has 4 nitrogen and oxygen atoms in total. The van der Waals surface area contributed by atoms with Gasteiger partial charge in [0.05, 0.1) is 0 Å². The highest BCUT2D eigenvalue weighted by molar-refractivity contribution is 7.99. The van der Waals surface area contributed by atoms with Crippen LogP contribution in [0.15, 0.2) is 4.52 Å². The van der Waals surface area contributed by atoms with Gasteiger partial charge in [-0.05, 0) is 24.5 Å². The molecule has 1 N–H and O–H groups in total. The summed E-state index contributed by atoms with van der Waals surface area (Å²) in [5, 5.41) is 7.41. The maximum absolute atomic E-state index is 5.10. The summed E-state index contributed by atoms with van der Waals surface area (Å²) < 4.78 is 5.10. The normalized spacial score (nSPS) is 23.8. The molecule has 96 valence electrons. The second-order valence-corrected chi connectivity index (χ2v) is 6.46. The van der Waals surface area contributed by atoms with Crippen LogP contribution < -0.4 is 5.32 Å². The van der Waals surface area contributed by atoms with Crippen molar-refractivity contribution in [3.63, 3.8) is 0 Å². The molecule has 5 heteroatoms. The third-order valence-corrected chi connectivity index (χ3v) is 4.48. The number of aryl methyl sites for hydroxylation is 1. The highest BCUT2D eigenvalue weighted by Gasteiger charge is 2.31. The monoisotopic (exact) mass is 255 g/mol. The van der Waals surface area contributed by atoms with E-state index in [1.54, 1.807) is 0 Å².